The van der Waals surface area contributed by atoms with Gasteiger partial charge in [0.05, 0.1) is 17.9 Å². The van der Waals surface area contributed by atoms with Gasteiger partial charge in [-0.3, -0.25) is 9.59 Å². The Morgan fingerprint density at radius 1 is 1.21 bits per heavy atom. The fraction of sp³-hybridized carbons (Fsp3) is 0.391. The number of rotatable bonds is 7. The normalized spacial score (nSPS) is 17.3. The Morgan fingerprint density at radius 3 is 2.45 bits per heavy atom. The van der Waals surface area contributed by atoms with E-state index >= 15 is 0 Å². The molecule has 0 fully saturated rings. The summed E-state index contributed by atoms with van der Waals surface area (Å²) >= 11 is 0. The molecule has 0 radical (unpaired) electrons. The van der Waals surface area contributed by atoms with Crippen LogP contribution in [0.1, 0.15) is 54.9 Å². The van der Waals surface area contributed by atoms with Crippen molar-refractivity contribution >= 4 is 11.7 Å². The van der Waals surface area contributed by atoms with Gasteiger partial charge in [-0.05, 0) is 35.1 Å². The first-order valence-corrected chi connectivity index (χ1v) is 9.67. The SMILES string of the molecule is COCCCN1C(=O)C(O)=C(C(=O)c2ccco2)[C@@H]1c1ccc(C(C)(C)C)cc1. The summed E-state index contributed by atoms with van der Waals surface area (Å²) in [6.07, 6.45) is 1.99. The largest absolute Gasteiger partial charge is 0.503 e. The number of hydrogen-bond donors (Lipinski definition) is 1. The number of carbonyl (C=O) groups excluding carboxylic acids is 2. The number of Topliss-reactive ketones (excluding diaryl/α,β-unsaturated/α-hetero) is 1. The molecule has 2 aromatic rings. The Labute approximate surface area is 170 Å². The summed E-state index contributed by atoms with van der Waals surface area (Å²) in [5.74, 6) is -1.47. The Balaban J connectivity index is 2.02. The molecule has 6 nitrogen and oxygen atoms in total. The van der Waals surface area contributed by atoms with Crippen LogP contribution in [0.4, 0.5) is 0 Å². The second-order valence-electron chi connectivity index (χ2n) is 8.19. The summed E-state index contributed by atoms with van der Waals surface area (Å²) in [6, 6.07) is 10.3. The molecule has 3 rings (SSSR count). The van der Waals surface area contributed by atoms with Crippen molar-refractivity contribution in [2.75, 3.05) is 20.3 Å². The average molecular weight is 397 g/mol. The van der Waals surface area contributed by atoms with Crippen LogP contribution in [-0.4, -0.2) is 42.0 Å². The maximum absolute atomic E-state index is 13.0. The molecule has 0 aliphatic carbocycles. The minimum Gasteiger partial charge on any atom is -0.503 e. The van der Waals surface area contributed by atoms with Gasteiger partial charge in [0, 0.05) is 20.3 Å². The van der Waals surface area contributed by atoms with E-state index in [9.17, 15) is 14.7 Å². The zero-order valence-corrected chi connectivity index (χ0v) is 17.3. The lowest BCUT2D eigenvalue weighted by molar-refractivity contribution is -0.129. The maximum Gasteiger partial charge on any atom is 0.290 e. The first-order valence-electron chi connectivity index (χ1n) is 9.67. The fourth-order valence-electron chi connectivity index (χ4n) is 3.55. The van der Waals surface area contributed by atoms with Crippen LogP contribution in [0.15, 0.2) is 58.4 Å². The molecule has 2 heterocycles. The molecule has 6 heteroatoms. The number of hydrogen-bond acceptors (Lipinski definition) is 5. The number of nitrogens with zero attached hydrogens (tertiary/aromatic N) is 1. The molecule has 1 aromatic carbocycles. The lowest BCUT2D eigenvalue weighted by Crippen LogP contribution is -2.32. The lowest BCUT2D eigenvalue weighted by atomic mass is 9.85. The Morgan fingerprint density at radius 2 is 1.90 bits per heavy atom. The van der Waals surface area contributed by atoms with Gasteiger partial charge in [0.1, 0.15) is 0 Å². The van der Waals surface area contributed by atoms with Crippen molar-refractivity contribution < 1.29 is 23.8 Å². The van der Waals surface area contributed by atoms with Crippen molar-refractivity contribution in [2.45, 2.75) is 38.6 Å². The van der Waals surface area contributed by atoms with Crippen LogP contribution >= 0.6 is 0 Å². The van der Waals surface area contributed by atoms with E-state index in [1.807, 2.05) is 24.3 Å². The molecular formula is C23H27NO5. The van der Waals surface area contributed by atoms with Crippen molar-refractivity contribution in [3.05, 3.63) is 70.9 Å². The average Bonchev–Trinajstić information content (AvgIpc) is 3.30. The quantitative estimate of drug-likeness (QED) is 0.560. The molecule has 0 spiro atoms. The van der Waals surface area contributed by atoms with Crippen molar-refractivity contribution in [1.29, 1.82) is 0 Å². The van der Waals surface area contributed by atoms with Crippen LogP contribution in [0.25, 0.3) is 0 Å². The molecule has 1 amide bonds. The summed E-state index contributed by atoms with van der Waals surface area (Å²) in [4.78, 5) is 27.3. The molecule has 1 aromatic heterocycles. The number of aliphatic hydroxyl groups is 1. The highest BCUT2D eigenvalue weighted by Crippen LogP contribution is 2.39. The van der Waals surface area contributed by atoms with Gasteiger partial charge in [-0.25, -0.2) is 0 Å². The molecule has 1 atom stereocenters. The zero-order valence-electron chi connectivity index (χ0n) is 17.3. The lowest BCUT2D eigenvalue weighted by Gasteiger charge is -2.27. The van der Waals surface area contributed by atoms with E-state index in [1.165, 1.54) is 17.2 Å². The molecule has 0 saturated carbocycles. The van der Waals surface area contributed by atoms with E-state index in [0.717, 1.165) is 11.1 Å². The number of carbonyl (C=O) groups is 2. The van der Waals surface area contributed by atoms with Crippen molar-refractivity contribution in [1.82, 2.24) is 4.90 Å². The van der Waals surface area contributed by atoms with Crippen LogP contribution in [0.5, 0.6) is 0 Å². The van der Waals surface area contributed by atoms with E-state index in [0.29, 0.717) is 19.6 Å². The van der Waals surface area contributed by atoms with Crippen LogP contribution in [0.2, 0.25) is 0 Å². The third kappa shape index (κ3) is 4.12. The highest BCUT2D eigenvalue weighted by atomic mass is 16.5. The topological polar surface area (TPSA) is 80.0 Å². The molecule has 154 valence electrons. The molecule has 1 aliphatic rings. The highest BCUT2D eigenvalue weighted by Gasteiger charge is 2.44. The predicted octanol–water partition coefficient (Wildman–Crippen LogP) is 4.19. The molecule has 29 heavy (non-hydrogen) atoms. The first kappa shape index (κ1) is 20.9. The van der Waals surface area contributed by atoms with Gasteiger partial charge >= 0.3 is 0 Å². The standard InChI is InChI=1S/C23H27NO5/c1-23(2,3)16-10-8-15(9-11-16)19-18(20(25)17-7-5-14-29-17)21(26)22(27)24(19)12-6-13-28-4/h5,7-11,14,19,26H,6,12-13H2,1-4H3/t19-/m0/s1. The molecule has 0 saturated heterocycles. The molecule has 1 aliphatic heterocycles. The number of ketones is 1. The Kier molecular flexibility index (Phi) is 5.94. The highest BCUT2D eigenvalue weighted by molar-refractivity contribution is 6.15. The van der Waals surface area contributed by atoms with Crippen LogP contribution in [-0.2, 0) is 14.9 Å². The summed E-state index contributed by atoms with van der Waals surface area (Å²) < 4.78 is 10.3. The van der Waals surface area contributed by atoms with Crippen LogP contribution in [0.3, 0.4) is 0 Å². The fourth-order valence-corrected chi connectivity index (χ4v) is 3.55. The molecule has 1 N–H and O–H groups in total. The van der Waals surface area contributed by atoms with Crippen LogP contribution < -0.4 is 0 Å². The van der Waals surface area contributed by atoms with E-state index in [4.69, 9.17) is 9.15 Å². The van der Waals surface area contributed by atoms with Crippen molar-refractivity contribution in [2.24, 2.45) is 0 Å². The molecular weight excluding hydrogens is 370 g/mol. The van der Waals surface area contributed by atoms with E-state index in [2.05, 4.69) is 20.8 Å². The third-order valence-corrected chi connectivity index (χ3v) is 5.13. The predicted molar refractivity (Wildman–Crippen MR) is 109 cm³/mol. The molecule has 0 bridgehead atoms. The van der Waals surface area contributed by atoms with Gasteiger partial charge in [0.2, 0.25) is 5.78 Å². The summed E-state index contributed by atoms with van der Waals surface area (Å²) in [7, 11) is 1.59. The molecule has 0 unspecified atom stereocenters. The summed E-state index contributed by atoms with van der Waals surface area (Å²) in [5, 5.41) is 10.6. The monoisotopic (exact) mass is 397 g/mol. The zero-order chi connectivity index (χ0) is 21.2. The van der Waals surface area contributed by atoms with Gasteiger partial charge in [0.25, 0.3) is 5.91 Å². The van der Waals surface area contributed by atoms with Gasteiger partial charge < -0.3 is 19.2 Å². The van der Waals surface area contributed by atoms with E-state index < -0.39 is 23.5 Å². The van der Waals surface area contributed by atoms with Crippen LogP contribution in [0, 0.1) is 0 Å². The second kappa shape index (κ2) is 8.25. The smallest absolute Gasteiger partial charge is 0.290 e. The van der Waals surface area contributed by atoms with Gasteiger partial charge in [0.15, 0.2) is 11.5 Å². The minimum absolute atomic E-state index is 0.0209. The Hall–Kier alpha value is -2.86. The number of furan rings is 1. The number of benzene rings is 1. The van der Waals surface area contributed by atoms with Crippen molar-refractivity contribution in [3.8, 4) is 0 Å². The third-order valence-electron chi connectivity index (χ3n) is 5.13. The number of aliphatic hydroxyl groups excluding tert-OH is 1. The van der Waals surface area contributed by atoms with E-state index in [-0.39, 0.29) is 16.7 Å². The number of ether oxygens (including phenoxy) is 1. The van der Waals surface area contributed by atoms with Gasteiger partial charge in [-0.2, -0.15) is 0 Å². The van der Waals surface area contributed by atoms with Gasteiger partial charge in [-0.15, -0.1) is 0 Å². The Bertz CT molecular complexity index is 904. The van der Waals surface area contributed by atoms with Gasteiger partial charge in [-0.1, -0.05) is 45.0 Å². The minimum atomic E-state index is -0.675. The van der Waals surface area contributed by atoms with Crippen molar-refractivity contribution in [3.63, 3.8) is 0 Å². The summed E-state index contributed by atoms with van der Waals surface area (Å²) in [6.45, 7) is 7.19. The first-order chi connectivity index (χ1) is 13.8. The second-order valence-corrected chi connectivity index (χ2v) is 8.19. The van der Waals surface area contributed by atoms with E-state index in [1.54, 1.807) is 13.2 Å². The number of amides is 1. The maximum atomic E-state index is 13.0. The summed E-state index contributed by atoms with van der Waals surface area (Å²) in [5.41, 5.74) is 1.93. The number of methoxy groups -OCH3 is 1.